The number of nitrogens with zero attached hydrogens (tertiary/aromatic N) is 1. The van der Waals surface area contributed by atoms with E-state index in [0.717, 1.165) is 0 Å². The standard InChI is InChI=1S/C12H9ClN2O4/c13-11-7-4-2-1-3-6(7)10(18)9(15-11)12(19)14-5-8(16)17/h1-4,18H,5H2,(H,14,19)(H,16,17)/i1D,3D,5D2. The summed E-state index contributed by atoms with van der Waals surface area (Å²) in [6, 6.07) is 1.96. The van der Waals surface area contributed by atoms with E-state index in [0.29, 0.717) is 0 Å². The summed E-state index contributed by atoms with van der Waals surface area (Å²) in [5.41, 5.74) is -0.744. The van der Waals surface area contributed by atoms with Crippen LogP contribution in [0.3, 0.4) is 0 Å². The maximum absolute atomic E-state index is 12.0. The predicted molar refractivity (Wildman–Crippen MR) is 68.4 cm³/mol. The van der Waals surface area contributed by atoms with E-state index in [9.17, 15) is 14.7 Å². The van der Waals surface area contributed by atoms with Crippen molar-refractivity contribution in [2.24, 2.45) is 0 Å². The Morgan fingerprint density at radius 1 is 1.53 bits per heavy atom. The highest BCUT2D eigenvalue weighted by Gasteiger charge is 2.18. The summed E-state index contributed by atoms with van der Waals surface area (Å²) in [5.74, 6) is -4.05. The Morgan fingerprint density at radius 3 is 2.95 bits per heavy atom. The SMILES string of the molecule is [2H]c1ccc2c(Cl)nc(C(=O)NC([2H])([2H])C(=O)O)c(O)c2c1[2H]. The van der Waals surface area contributed by atoms with Crippen molar-refractivity contribution in [3.8, 4) is 5.75 Å². The number of aromatic hydroxyl groups is 1. The molecule has 0 aliphatic heterocycles. The third-order valence-corrected chi connectivity index (χ3v) is 2.48. The van der Waals surface area contributed by atoms with Crippen LogP contribution in [0.15, 0.2) is 24.2 Å². The van der Waals surface area contributed by atoms with Crippen molar-refractivity contribution in [2.45, 2.75) is 0 Å². The molecule has 0 spiro atoms. The zero-order valence-corrected chi connectivity index (χ0v) is 9.95. The maximum Gasteiger partial charge on any atom is 0.322 e. The van der Waals surface area contributed by atoms with Crippen molar-refractivity contribution >= 4 is 34.2 Å². The fourth-order valence-corrected chi connectivity index (χ4v) is 1.65. The van der Waals surface area contributed by atoms with Gasteiger partial charge in [0.2, 0.25) is 0 Å². The monoisotopic (exact) mass is 284 g/mol. The zero-order chi connectivity index (χ0) is 17.5. The minimum absolute atomic E-state index is 0.128. The lowest BCUT2D eigenvalue weighted by molar-refractivity contribution is -0.135. The number of nitrogens with one attached hydrogen (secondary N) is 1. The number of carbonyl (C=O) groups excluding carboxylic acids is 1. The molecule has 0 aliphatic carbocycles. The van der Waals surface area contributed by atoms with Crippen LogP contribution in [0.25, 0.3) is 10.8 Å². The fraction of sp³-hybridized carbons (Fsp3) is 0.0833. The number of aromatic nitrogens is 1. The van der Waals surface area contributed by atoms with Gasteiger partial charge < -0.3 is 15.5 Å². The van der Waals surface area contributed by atoms with Crippen LogP contribution in [0, 0.1) is 0 Å². The van der Waals surface area contributed by atoms with Gasteiger partial charge in [-0.2, -0.15) is 0 Å². The lowest BCUT2D eigenvalue weighted by Gasteiger charge is -2.08. The van der Waals surface area contributed by atoms with Crippen molar-refractivity contribution < 1.29 is 25.3 Å². The van der Waals surface area contributed by atoms with Gasteiger partial charge >= 0.3 is 5.97 Å². The van der Waals surface area contributed by atoms with Gasteiger partial charge in [0.25, 0.3) is 5.91 Å². The average Bonchev–Trinajstić information content (AvgIpc) is 2.44. The highest BCUT2D eigenvalue weighted by Crippen LogP contribution is 2.31. The number of carboxylic acid groups (broad SMARTS) is 1. The lowest BCUT2D eigenvalue weighted by Crippen LogP contribution is -2.30. The Hall–Kier alpha value is -2.34. The molecule has 2 rings (SSSR count). The first-order chi connectivity index (χ1) is 10.6. The Labute approximate surface area is 118 Å². The van der Waals surface area contributed by atoms with Gasteiger partial charge in [0.1, 0.15) is 11.6 Å². The topological polar surface area (TPSA) is 99.5 Å². The van der Waals surface area contributed by atoms with Gasteiger partial charge in [-0.3, -0.25) is 9.59 Å². The molecule has 0 radical (unpaired) electrons. The fourth-order valence-electron chi connectivity index (χ4n) is 1.41. The molecule has 0 unspecified atom stereocenters. The third-order valence-electron chi connectivity index (χ3n) is 2.19. The molecule has 0 aliphatic rings. The zero-order valence-electron chi connectivity index (χ0n) is 13.2. The number of hydrogen-bond acceptors (Lipinski definition) is 4. The molecule has 0 saturated heterocycles. The molecule has 6 nitrogen and oxygen atoms in total. The van der Waals surface area contributed by atoms with Crippen LogP contribution in [0.1, 0.15) is 16.0 Å². The Bertz CT molecular complexity index is 844. The van der Waals surface area contributed by atoms with Gasteiger partial charge in [0, 0.05) is 10.8 Å². The van der Waals surface area contributed by atoms with Crippen molar-refractivity contribution in [1.29, 1.82) is 0 Å². The van der Waals surface area contributed by atoms with Crippen molar-refractivity contribution in [3.05, 3.63) is 35.1 Å². The number of fused-ring (bicyclic) bond motifs is 1. The largest absolute Gasteiger partial charge is 0.505 e. The number of carbonyl (C=O) groups is 2. The number of pyridine rings is 1. The Balaban J connectivity index is 2.63. The molecule has 3 N–H and O–H groups in total. The van der Waals surface area contributed by atoms with Gasteiger partial charge in [-0.1, -0.05) is 35.8 Å². The molecule has 1 aromatic carbocycles. The summed E-state index contributed by atoms with van der Waals surface area (Å²) in [6.07, 6.45) is 0. The number of aliphatic carboxylic acids is 1. The van der Waals surface area contributed by atoms with E-state index >= 15 is 0 Å². The number of carboxylic acids is 1. The third kappa shape index (κ3) is 2.58. The molecule has 0 saturated carbocycles. The van der Waals surface area contributed by atoms with Gasteiger partial charge in [0.15, 0.2) is 11.4 Å². The number of rotatable bonds is 3. The van der Waals surface area contributed by atoms with Crippen LogP contribution in [0.5, 0.6) is 5.75 Å². The quantitative estimate of drug-likeness (QED) is 0.740. The Kier molecular flexibility index (Phi) is 2.34. The van der Waals surface area contributed by atoms with Crippen molar-refractivity contribution in [1.82, 2.24) is 10.3 Å². The molecular formula is C12H9ClN2O4. The molecule has 1 aromatic heterocycles. The van der Waals surface area contributed by atoms with Crippen LogP contribution in [0.2, 0.25) is 5.15 Å². The first-order valence-electron chi connectivity index (χ1n) is 6.90. The number of halogens is 1. The van der Waals surface area contributed by atoms with E-state index in [1.165, 1.54) is 12.1 Å². The highest BCUT2D eigenvalue weighted by atomic mass is 35.5. The average molecular weight is 285 g/mol. The van der Waals surface area contributed by atoms with E-state index in [1.807, 2.05) is 0 Å². The second kappa shape index (κ2) is 5.11. The first-order valence-corrected chi connectivity index (χ1v) is 5.28. The van der Waals surface area contributed by atoms with E-state index in [2.05, 4.69) is 4.98 Å². The smallest absolute Gasteiger partial charge is 0.322 e. The van der Waals surface area contributed by atoms with E-state index < -0.39 is 35.9 Å². The molecular weight excluding hydrogens is 272 g/mol. The van der Waals surface area contributed by atoms with E-state index in [4.69, 9.17) is 22.2 Å². The minimum Gasteiger partial charge on any atom is -0.505 e. The van der Waals surface area contributed by atoms with Crippen LogP contribution in [0.4, 0.5) is 0 Å². The first kappa shape index (κ1) is 8.71. The lowest BCUT2D eigenvalue weighted by atomic mass is 10.1. The van der Waals surface area contributed by atoms with Crippen LogP contribution in [-0.2, 0) is 4.79 Å². The van der Waals surface area contributed by atoms with Gasteiger partial charge in [-0.15, -0.1) is 0 Å². The van der Waals surface area contributed by atoms with Gasteiger partial charge in [-0.05, 0) is 0 Å². The molecule has 7 heteroatoms. The predicted octanol–water partition coefficient (Wildman–Crippen LogP) is 1.41. The molecule has 0 fully saturated rings. The van der Waals surface area contributed by atoms with Crippen molar-refractivity contribution in [3.63, 3.8) is 0 Å². The molecule has 19 heavy (non-hydrogen) atoms. The molecule has 98 valence electrons. The molecule has 0 atom stereocenters. The summed E-state index contributed by atoms with van der Waals surface area (Å²) in [6.45, 7) is -3.09. The van der Waals surface area contributed by atoms with Gasteiger partial charge in [-0.25, -0.2) is 4.98 Å². The van der Waals surface area contributed by atoms with Gasteiger partial charge in [0.05, 0.1) is 5.48 Å². The summed E-state index contributed by atoms with van der Waals surface area (Å²) in [5, 5.41) is 20.0. The maximum atomic E-state index is 12.0. The van der Waals surface area contributed by atoms with Crippen LogP contribution in [-0.4, -0.2) is 33.6 Å². The number of benzene rings is 1. The number of amides is 1. The van der Waals surface area contributed by atoms with Crippen molar-refractivity contribution in [2.75, 3.05) is 6.50 Å². The second-order valence-corrected chi connectivity index (χ2v) is 3.73. The Morgan fingerprint density at radius 2 is 2.26 bits per heavy atom. The van der Waals surface area contributed by atoms with Crippen LogP contribution >= 0.6 is 11.6 Å². The summed E-state index contributed by atoms with van der Waals surface area (Å²) >= 11 is 5.88. The summed E-state index contributed by atoms with van der Waals surface area (Å²) in [7, 11) is 0. The minimum atomic E-state index is -3.09. The summed E-state index contributed by atoms with van der Waals surface area (Å²) < 4.78 is 29.6. The second-order valence-electron chi connectivity index (χ2n) is 3.38. The van der Waals surface area contributed by atoms with Crippen LogP contribution < -0.4 is 5.32 Å². The molecule has 0 bridgehead atoms. The van der Waals surface area contributed by atoms with E-state index in [1.54, 1.807) is 5.32 Å². The summed E-state index contributed by atoms with van der Waals surface area (Å²) in [4.78, 5) is 26.3. The van der Waals surface area contributed by atoms with E-state index in [-0.39, 0.29) is 22.0 Å². The normalized spacial score (nSPS) is 14.2. The number of hydrogen-bond donors (Lipinski definition) is 3. The molecule has 1 amide bonds. The molecule has 1 heterocycles. The molecule has 2 aromatic rings. The highest BCUT2D eigenvalue weighted by molar-refractivity contribution is 6.34.